The first kappa shape index (κ1) is 26.8. The molecule has 1 amide bonds. The number of hydrogen-bond acceptors (Lipinski definition) is 4. The lowest BCUT2D eigenvalue weighted by Crippen LogP contribution is -2.24. The van der Waals surface area contributed by atoms with E-state index in [1.807, 2.05) is 120 Å². The molecule has 1 N–H and O–H groups in total. The number of carbonyl (C=O) groups excluding carboxylic acids is 1. The van der Waals surface area contributed by atoms with E-state index in [1.165, 1.54) is 11.9 Å². The number of H-pyrrole nitrogens is 1. The van der Waals surface area contributed by atoms with Crippen LogP contribution in [0.4, 0.5) is 0 Å². The number of benzene rings is 4. The Morgan fingerprint density at radius 2 is 1.51 bits per heavy atom. The van der Waals surface area contributed by atoms with Crippen molar-refractivity contribution in [3.63, 3.8) is 0 Å². The maximum absolute atomic E-state index is 13.8. The van der Waals surface area contributed by atoms with Crippen molar-refractivity contribution in [2.75, 3.05) is 0 Å². The highest BCUT2D eigenvalue weighted by atomic mass is 79.9. The fourth-order valence-corrected chi connectivity index (χ4v) is 6.16. The average Bonchev–Trinajstić information content (AvgIpc) is 3.67. The van der Waals surface area contributed by atoms with Crippen LogP contribution in [0.3, 0.4) is 0 Å². The van der Waals surface area contributed by atoms with Crippen molar-refractivity contribution in [3.05, 3.63) is 141 Å². The highest BCUT2D eigenvalue weighted by Gasteiger charge is 2.36. The van der Waals surface area contributed by atoms with Crippen molar-refractivity contribution < 1.29 is 4.79 Å². The minimum Gasteiger partial charge on any atom is -0.321 e. The minimum atomic E-state index is -0.457. The number of carbonyl (C=O) groups is 1. The summed E-state index contributed by atoms with van der Waals surface area (Å²) in [5.74, 6) is -0.215. The molecule has 1 aliphatic heterocycles. The van der Waals surface area contributed by atoms with Crippen LogP contribution in [0.5, 0.6) is 0 Å². The zero-order chi connectivity index (χ0) is 29.5. The van der Waals surface area contributed by atoms with Crippen LogP contribution < -0.4 is 5.56 Å². The Hall–Kier alpha value is -5.08. The van der Waals surface area contributed by atoms with Gasteiger partial charge in [0.2, 0.25) is 5.91 Å². The summed E-state index contributed by atoms with van der Waals surface area (Å²) in [5, 5.41) is 12.2. The Kier molecular flexibility index (Phi) is 6.83. The third-order valence-corrected chi connectivity index (χ3v) is 8.22. The maximum Gasteiger partial charge on any atom is 0.258 e. The highest BCUT2D eigenvalue weighted by Crippen LogP contribution is 2.40. The maximum atomic E-state index is 13.8. The molecule has 0 bridgehead atoms. The number of fused-ring (bicyclic) bond motifs is 1. The van der Waals surface area contributed by atoms with Crippen LogP contribution in [-0.2, 0) is 4.79 Å². The Balaban J connectivity index is 1.42. The van der Waals surface area contributed by atoms with Crippen molar-refractivity contribution in [2.45, 2.75) is 19.4 Å². The van der Waals surface area contributed by atoms with Gasteiger partial charge < -0.3 is 4.98 Å². The first-order valence-electron chi connectivity index (χ1n) is 14.0. The molecule has 0 radical (unpaired) electrons. The fraction of sp³-hybridized carbons (Fsp3) is 0.0857. The van der Waals surface area contributed by atoms with E-state index in [-0.39, 0.29) is 11.5 Å². The number of para-hydroxylation sites is 1. The summed E-state index contributed by atoms with van der Waals surface area (Å²) in [5.41, 5.74) is 6.62. The summed E-state index contributed by atoms with van der Waals surface area (Å²) < 4.78 is 2.73. The third-order valence-electron chi connectivity index (χ3n) is 7.73. The van der Waals surface area contributed by atoms with E-state index >= 15 is 0 Å². The summed E-state index contributed by atoms with van der Waals surface area (Å²) >= 11 is 3.60. The van der Waals surface area contributed by atoms with E-state index in [9.17, 15) is 9.59 Å². The van der Waals surface area contributed by atoms with E-state index in [4.69, 9.17) is 10.2 Å². The van der Waals surface area contributed by atoms with E-state index in [2.05, 4.69) is 20.9 Å². The molecule has 0 fully saturated rings. The molecule has 43 heavy (non-hydrogen) atoms. The predicted octanol–water partition coefficient (Wildman–Crippen LogP) is 7.51. The molecule has 0 aliphatic carbocycles. The number of hydrazone groups is 1. The van der Waals surface area contributed by atoms with E-state index in [1.54, 1.807) is 0 Å². The molecule has 4 aromatic carbocycles. The summed E-state index contributed by atoms with van der Waals surface area (Å²) in [6, 6.07) is 35.0. The van der Waals surface area contributed by atoms with Gasteiger partial charge in [0.1, 0.15) is 0 Å². The predicted molar refractivity (Wildman–Crippen MR) is 173 cm³/mol. The van der Waals surface area contributed by atoms with Crippen LogP contribution in [0.1, 0.15) is 30.5 Å². The van der Waals surface area contributed by atoms with Crippen LogP contribution in [0.2, 0.25) is 0 Å². The summed E-state index contributed by atoms with van der Waals surface area (Å²) in [7, 11) is 0. The number of aromatic amines is 1. The molecule has 7 rings (SSSR count). The van der Waals surface area contributed by atoms with Gasteiger partial charge in [0.05, 0.1) is 28.7 Å². The lowest BCUT2D eigenvalue weighted by molar-refractivity contribution is -0.130. The molecular weight excluding hydrogens is 602 g/mol. The van der Waals surface area contributed by atoms with E-state index < -0.39 is 6.04 Å². The van der Waals surface area contributed by atoms with Gasteiger partial charge in [-0.15, -0.1) is 0 Å². The summed E-state index contributed by atoms with van der Waals surface area (Å²) in [4.78, 5) is 30.0. The number of hydrogen-bond donors (Lipinski definition) is 1. The van der Waals surface area contributed by atoms with Gasteiger partial charge in [-0.05, 0) is 35.9 Å². The number of amides is 1. The minimum absolute atomic E-state index is 0.215. The highest BCUT2D eigenvalue weighted by molar-refractivity contribution is 9.10. The Morgan fingerprint density at radius 1 is 0.860 bits per heavy atom. The van der Waals surface area contributed by atoms with Crippen LogP contribution in [0.15, 0.2) is 130 Å². The lowest BCUT2D eigenvalue weighted by Gasteiger charge is -2.20. The Morgan fingerprint density at radius 3 is 2.19 bits per heavy atom. The normalized spacial score (nSPS) is 14.7. The quantitative estimate of drug-likeness (QED) is 0.215. The van der Waals surface area contributed by atoms with Crippen LogP contribution in [-0.4, -0.2) is 31.4 Å². The van der Waals surface area contributed by atoms with Gasteiger partial charge in [0, 0.05) is 51.6 Å². The molecular formula is C35H26BrN5O2. The lowest BCUT2D eigenvalue weighted by atomic mass is 9.90. The molecule has 1 unspecified atom stereocenters. The van der Waals surface area contributed by atoms with Crippen LogP contribution in [0.25, 0.3) is 39.0 Å². The summed E-state index contributed by atoms with van der Waals surface area (Å²) in [6.07, 6.45) is 2.32. The van der Waals surface area contributed by atoms with Crippen molar-refractivity contribution in [3.8, 4) is 28.1 Å². The largest absolute Gasteiger partial charge is 0.321 e. The second-order valence-electron chi connectivity index (χ2n) is 10.5. The smallest absolute Gasteiger partial charge is 0.258 e. The topological polar surface area (TPSA) is 83.4 Å². The van der Waals surface area contributed by atoms with E-state index in [0.717, 1.165) is 49.0 Å². The first-order valence-corrected chi connectivity index (χ1v) is 14.8. The molecule has 0 saturated carbocycles. The monoisotopic (exact) mass is 627 g/mol. The molecule has 3 heterocycles. The number of nitrogens with one attached hydrogen (secondary N) is 1. The Labute approximate surface area is 256 Å². The number of pyridine rings is 1. The molecule has 1 atom stereocenters. The number of halogens is 1. The van der Waals surface area contributed by atoms with Gasteiger partial charge in [0.25, 0.3) is 5.56 Å². The number of aromatic nitrogens is 3. The molecule has 7 nitrogen and oxygen atoms in total. The van der Waals surface area contributed by atoms with Crippen molar-refractivity contribution >= 4 is 38.5 Å². The van der Waals surface area contributed by atoms with Gasteiger partial charge in [-0.3, -0.25) is 9.59 Å². The summed E-state index contributed by atoms with van der Waals surface area (Å²) in [6.45, 7) is 1.50. The van der Waals surface area contributed by atoms with Crippen molar-refractivity contribution in [1.82, 2.24) is 19.8 Å². The van der Waals surface area contributed by atoms with Gasteiger partial charge >= 0.3 is 0 Å². The molecule has 6 aromatic rings. The number of nitrogens with zero attached hydrogens (tertiary/aromatic N) is 4. The Bertz CT molecular complexity index is 2070. The van der Waals surface area contributed by atoms with Gasteiger partial charge in [0.15, 0.2) is 0 Å². The second-order valence-corrected chi connectivity index (χ2v) is 11.4. The number of rotatable bonds is 5. The first-order chi connectivity index (χ1) is 21.0. The second kappa shape index (κ2) is 11.0. The van der Waals surface area contributed by atoms with Crippen molar-refractivity contribution in [1.29, 1.82) is 0 Å². The molecule has 0 spiro atoms. The van der Waals surface area contributed by atoms with E-state index in [0.29, 0.717) is 17.7 Å². The van der Waals surface area contributed by atoms with Crippen LogP contribution in [0, 0.1) is 0 Å². The van der Waals surface area contributed by atoms with Gasteiger partial charge in [-0.2, -0.15) is 10.2 Å². The molecule has 2 aromatic heterocycles. The zero-order valence-corrected chi connectivity index (χ0v) is 24.8. The molecule has 1 aliphatic rings. The fourth-order valence-electron chi connectivity index (χ4n) is 5.80. The zero-order valence-electron chi connectivity index (χ0n) is 23.2. The van der Waals surface area contributed by atoms with Crippen LogP contribution >= 0.6 is 15.9 Å². The molecule has 0 saturated heterocycles. The third kappa shape index (κ3) is 4.89. The van der Waals surface area contributed by atoms with Crippen molar-refractivity contribution in [2.24, 2.45) is 5.10 Å². The average molecular weight is 629 g/mol. The molecule has 210 valence electrons. The molecule has 8 heteroatoms. The van der Waals surface area contributed by atoms with Gasteiger partial charge in [-0.1, -0.05) is 94.8 Å². The van der Waals surface area contributed by atoms with Gasteiger partial charge in [-0.25, -0.2) is 9.69 Å². The SMILES string of the molecule is CC(=O)N1N=C(c2c(-c3ccccc3)c3cc(Br)ccc3[nH]c2=O)CC1c1cn(-c2ccccc2)nc1-c1ccccc1. The standard InChI is InChI=1S/C35H26BrN5O2/c1-22(42)41-31(28-21-40(26-15-9-4-10-16-26)39-34(28)24-13-7-3-8-14-24)20-30(38-41)33-32(23-11-5-2-6-12-23)27-19-25(36)17-18-29(27)37-35(33)43/h2-19,21,31H,20H2,1H3,(H,37,43).